The van der Waals surface area contributed by atoms with Crippen LogP contribution in [0.15, 0.2) is 30.3 Å². The van der Waals surface area contributed by atoms with Crippen LogP contribution >= 0.6 is 0 Å². The molecule has 0 bridgehead atoms. The van der Waals surface area contributed by atoms with Crippen molar-refractivity contribution >= 4 is 5.91 Å². The molecule has 1 amide bonds. The fraction of sp³-hybridized carbons (Fsp3) is 0.611. The van der Waals surface area contributed by atoms with E-state index in [4.69, 9.17) is 0 Å². The molecule has 0 aromatic heterocycles. The molecule has 0 spiro atoms. The van der Waals surface area contributed by atoms with E-state index in [1.165, 1.54) is 31.2 Å². The number of carbonyl (C=O) groups excluding carboxylic acids is 1. The average Bonchev–Trinajstić information content (AvgIpc) is 2.91. The number of benzene rings is 1. The number of fused-ring (bicyclic) bond motifs is 1. The molecule has 0 radical (unpaired) electrons. The van der Waals surface area contributed by atoms with Gasteiger partial charge in [-0.15, -0.1) is 0 Å². The number of nitrogens with zero attached hydrogens (tertiary/aromatic N) is 1. The molecule has 1 heterocycles. The van der Waals surface area contributed by atoms with Crippen molar-refractivity contribution in [2.45, 2.75) is 51.2 Å². The Kier molecular flexibility index (Phi) is 4.29. The van der Waals surface area contributed by atoms with Gasteiger partial charge in [0.1, 0.15) is 0 Å². The minimum Gasteiger partial charge on any atom is -0.334 e. The summed E-state index contributed by atoms with van der Waals surface area (Å²) in [5.74, 6) is 1.41. The minimum atomic E-state index is -0.0284. The van der Waals surface area contributed by atoms with Crippen molar-refractivity contribution in [2.75, 3.05) is 7.05 Å². The molecule has 4 atom stereocenters. The van der Waals surface area contributed by atoms with E-state index in [1.54, 1.807) is 0 Å². The third kappa shape index (κ3) is 2.84. The lowest BCUT2D eigenvalue weighted by Crippen LogP contribution is -2.49. The van der Waals surface area contributed by atoms with E-state index in [0.29, 0.717) is 23.8 Å². The highest BCUT2D eigenvalue weighted by atomic mass is 16.2. The summed E-state index contributed by atoms with van der Waals surface area (Å²) in [4.78, 5) is 15.2. The van der Waals surface area contributed by atoms with Crippen LogP contribution in [0.5, 0.6) is 0 Å². The quantitative estimate of drug-likeness (QED) is 0.926. The fourth-order valence-electron chi connectivity index (χ4n) is 4.28. The largest absolute Gasteiger partial charge is 0.334 e. The van der Waals surface area contributed by atoms with Gasteiger partial charge in [-0.05, 0) is 43.7 Å². The number of likely N-dealkylation sites (tertiary alicyclic amines) is 1. The maximum Gasteiger partial charge on any atom is 0.240 e. The van der Waals surface area contributed by atoms with Crippen LogP contribution in [0, 0.1) is 11.8 Å². The van der Waals surface area contributed by atoms with E-state index in [-0.39, 0.29) is 6.04 Å². The number of rotatable bonds is 3. The zero-order chi connectivity index (χ0) is 14.8. The van der Waals surface area contributed by atoms with Gasteiger partial charge in [-0.25, -0.2) is 0 Å². The van der Waals surface area contributed by atoms with Crippen LogP contribution < -0.4 is 5.32 Å². The highest BCUT2D eigenvalue weighted by Crippen LogP contribution is 2.39. The van der Waals surface area contributed by atoms with Gasteiger partial charge in [-0.3, -0.25) is 4.79 Å². The maximum atomic E-state index is 13.0. The van der Waals surface area contributed by atoms with E-state index >= 15 is 0 Å². The molecular formula is C18H26N2O. The van der Waals surface area contributed by atoms with E-state index in [2.05, 4.69) is 41.4 Å². The molecule has 4 unspecified atom stereocenters. The highest BCUT2D eigenvalue weighted by Gasteiger charge is 2.42. The summed E-state index contributed by atoms with van der Waals surface area (Å²) in [6.45, 7) is 2.98. The predicted molar refractivity (Wildman–Crippen MR) is 84.7 cm³/mol. The van der Waals surface area contributed by atoms with Crippen molar-refractivity contribution in [3.63, 3.8) is 0 Å². The summed E-state index contributed by atoms with van der Waals surface area (Å²) < 4.78 is 0. The molecule has 114 valence electrons. The van der Waals surface area contributed by atoms with E-state index in [0.717, 1.165) is 6.54 Å². The topological polar surface area (TPSA) is 32.3 Å². The van der Waals surface area contributed by atoms with Gasteiger partial charge in [0.15, 0.2) is 0 Å². The molecule has 2 fully saturated rings. The summed E-state index contributed by atoms with van der Waals surface area (Å²) in [6.07, 6.45) is 4.90. The molecule has 1 aromatic carbocycles. The highest BCUT2D eigenvalue weighted by molar-refractivity contribution is 5.83. The molecule has 3 rings (SSSR count). The zero-order valence-electron chi connectivity index (χ0n) is 13.1. The standard InChI is InChI=1S/C18H26N2O/c1-13-11-15-9-6-10-16(15)20(18(21)17(13)19-2)12-14-7-4-3-5-8-14/h3-5,7-8,13,15-17,19H,6,9-12H2,1-2H3. The summed E-state index contributed by atoms with van der Waals surface area (Å²) in [6, 6.07) is 10.8. The first-order valence-corrected chi connectivity index (χ1v) is 8.22. The summed E-state index contributed by atoms with van der Waals surface area (Å²) in [7, 11) is 1.92. The lowest BCUT2D eigenvalue weighted by Gasteiger charge is -2.32. The van der Waals surface area contributed by atoms with Crippen LogP contribution in [0.25, 0.3) is 0 Å². The van der Waals surface area contributed by atoms with Crippen molar-refractivity contribution in [3.8, 4) is 0 Å². The third-order valence-corrected chi connectivity index (χ3v) is 5.32. The van der Waals surface area contributed by atoms with Crippen LogP contribution in [-0.4, -0.2) is 29.9 Å². The average molecular weight is 286 g/mol. The van der Waals surface area contributed by atoms with Gasteiger partial charge in [0.05, 0.1) is 6.04 Å². The Bertz CT molecular complexity index is 487. The van der Waals surface area contributed by atoms with Gasteiger partial charge in [0.2, 0.25) is 5.91 Å². The zero-order valence-corrected chi connectivity index (χ0v) is 13.1. The van der Waals surface area contributed by atoms with Gasteiger partial charge >= 0.3 is 0 Å². The van der Waals surface area contributed by atoms with Crippen molar-refractivity contribution < 1.29 is 4.79 Å². The van der Waals surface area contributed by atoms with Crippen molar-refractivity contribution in [1.29, 1.82) is 0 Å². The Labute approximate surface area is 127 Å². The van der Waals surface area contributed by atoms with Gasteiger partial charge in [-0.2, -0.15) is 0 Å². The number of hydrogen-bond donors (Lipinski definition) is 1. The number of hydrogen-bond acceptors (Lipinski definition) is 2. The fourth-order valence-corrected chi connectivity index (χ4v) is 4.28. The lowest BCUT2D eigenvalue weighted by atomic mass is 9.90. The monoisotopic (exact) mass is 286 g/mol. The molecular weight excluding hydrogens is 260 g/mol. The first-order chi connectivity index (χ1) is 10.2. The van der Waals surface area contributed by atoms with Crippen LogP contribution in [-0.2, 0) is 11.3 Å². The number of amides is 1. The smallest absolute Gasteiger partial charge is 0.240 e. The Morgan fingerprint density at radius 1 is 1.24 bits per heavy atom. The van der Waals surface area contributed by atoms with Crippen LogP contribution in [0.1, 0.15) is 38.2 Å². The molecule has 1 saturated heterocycles. The Hall–Kier alpha value is -1.35. The second-order valence-electron chi connectivity index (χ2n) is 6.69. The molecule has 3 heteroatoms. The van der Waals surface area contributed by atoms with E-state index in [9.17, 15) is 4.79 Å². The minimum absolute atomic E-state index is 0.0284. The third-order valence-electron chi connectivity index (χ3n) is 5.32. The van der Waals surface area contributed by atoms with Gasteiger partial charge < -0.3 is 10.2 Å². The van der Waals surface area contributed by atoms with E-state index in [1.807, 2.05) is 13.1 Å². The number of carbonyl (C=O) groups is 1. The predicted octanol–water partition coefficient (Wildman–Crippen LogP) is 2.81. The molecule has 1 N–H and O–H groups in total. The van der Waals surface area contributed by atoms with Crippen LogP contribution in [0.2, 0.25) is 0 Å². The molecule has 3 nitrogen and oxygen atoms in total. The normalized spacial score (nSPS) is 32.9. The second-order valence-corrected chi connectivity index (χ2v) is 6.69. The number of nitrogens with one attached hydrogen (secondary N) is 1. The molecule has 1 aliphatic heterocycles. The molecule has 21 heavy (non-hydrogen) atoms. The Morgan fingerprint density at radius 3 is 2.71 bits per heavy atom. The van der Waals surface area contributed by atoms with Crippen molar-refractivity contribution in [1.82, 2.24) is 10.2 Å². The molecule has 1 saturated carbocycles. The summed E-state index contributed by atoms with van der Waals surface area (Å²) >= 11 is 0. The number of likely N-dealkylation sites (N-methyl/N-ethyl adjacent to an activating group) is 1. The maximum absolute atomic E-state index is 13.0. The van der Waals surface area contributed by atoms with Gasteiger partial charge in [-0.1, -0.05) is 43.7 Å². The second kappa shape index (κ2) is 6.18. The van der Waals surface area contributed by atoms with Crippen LogP contribution in [0.3, 0.4) is 0 Å². The van der Waals surface area contributed by atoms with Crippen LogP contribution in [0.4, 0.5) is 0 Å². The van der Waals surface area contributed by atoms with Gasteiger partial charge in [0, 0.05) is 12.6 Å². The Morgan fingerprint density at radius 2 is 2.00 bits per heavy atom. The Balaban J connectivity index is 1.88. The SMILES string of the molecule is CNC1C(=O)N(Cc2ccccc2)C2CCCC2CC1C. The van der Waals surface area contributed by atoms with Crippen molar-refractivity contribution in [2.24, 2.45) is 11.8 Å². The van der Waals surface area contributed by atoms with E-state index < -0.39 is 0 Å². The molecule has 1 aromatic rings. The summed E-state index contributed by atoms with van der Waals surface area (Å²) in [5, 5.41) is 3.26. The lowest BCUT2D eigenvalue weighted by molar-refractivity contribution is -0.136. The van der Waals surface area contributed by atoms with Crippen molar-refractivity contribution in [3.05, 3.63) is 35.9 Å². The van der Waals surface area contributed by atoms with Gasteiger partial charge in [0.25, 0.3) is 0 Å². The molecule has 2 aliphatic rings. The molecule has 1 aliphatic carbocycles. The first-order valence-electron chi connectivity index (χ1n) is 8.22. The first kappa shape index (κ1) is 14.6. The summed E-state index contributed by atoms with van der Waals surface area (Å²) in [5.41, 5.74) is 1.24.